The van der Waals surface area contributed by atoms with Crippen LogP contribution >= 0.6 is 56.7 Å². The fraction of sp³-hybridized carbons (Fsp3) is 0.418. The maximum atomic E-state index is 14.4. The summed E-state index contributed by atoms with van der Waals surface area (Å²) in [6.45, 7) is 11.4. The van der Waals surface area contributed by atoms with Gasteiger partial charge in [0.1, 0.15) is 0 Å². The number of aryl methyl sites for hydroxylation is 3. The van der Waals surface area contributed by atoms with E-state index in [1.54, 1.807) is 61.6 Å². The van der Waals surface area contributed by atoms with Gasteiger partial charge in [0, 0.05) is 35.8 Å². The number of amides is 2. The minimum Gasteiger partial charge on any atom is -0.274 e. The molecule has 0 bridgehead atoms. The number of carbonyl (C=O) groups excluding carboxylic acids is 2. The van der Waals surface area contributed by atoms with E-state index in [0.29, 0.717) is 23.6 Å². The summed E-state index contributed by atoms with van der Waals surface area (Å²) in [4.78, 5) is 38.9. The van der Waals surface area contributed by atoms with Crippen molar-refractivity contribution in [1.82, 2.24) is 4.90 Å². The predicted molar refractivity (Wildman–Crippen MR) is 275 cm³/mol. The van der Waals surface area contributed by atoms with Gasteiger partial charge in [-0.2, -0.15) is 0 Å². The molecule has 8 heteroatoms. The monoisotopic (exact) mass is 921 g/mol. The second kappa shape index (κ2) is 24.4. The summed E-state index contributed by atoms with van der Waals surface area (Å²) in [5.74, 6) is 29.9. The van der Waals surface area contributed by atoms with Crippen LogP contribution in [0.25, 0.3) is 38.7 Å². The number of imide groups is 1. The van der Waals surface area contributed by atoms with Gasteiger partial charge in [-0.3, -0.25) is 14.5 Å². The lowest BCUT2D eigenvalue weighted by Gasteiger charge is -2.23. The average molecular weight is 922 g/mol. The van der Waals surface area contributed by atoms with E-state index >= 15 is 0 Å². The summed E-state index contributed by atoms with van der Waals surface area (Å²) in [5, 5.41) is 0. The van der Waals surface area contributed by atoms with E-state index in [0.717, 1.165) is 47.5 Å². The van der Waals surface area contributed by atoms with E-state index in [9.17, 15) is 9.59 Å². The maximum Gasteiger partial charge on any atom is 0.263 e. The molecule has 1 atom stereocenters. The molecule has 0 saturated carbocycles. The van der Waals surface area contributed by atoms with E-state index < -0.39 is 0 Å². The van der Waals surface area contributed by atoms with Gasteiger partial charge in [-0.1, -0.05) is 104 Å². The molecule has 0 saturated heterocycles. The Morgan fingerprint density at radius 2 is 1.05 bits per heavy atom. The van der Waals surface area contributed by atoms with Gasteiger partial charge in [-0.25, -0.2) is 0 Å². The highest BCUT2D eigenvalue weighted by atomic mass is 32.1. The first-order chi connectivity index (χ1) is 30.8. The van der Waals surface area contributed by atoms with Crippen molar-refractivity contribution >= 4 is 77.9 Å². The van der Waals surface area contributed by atoms with Gasteiger partial charge in [0.05, 0.1) is 35.8 Å². The summed E-state index contributed by atoms with van der Waals surface area (Å²) < 4.78 is 2.37. The van der Waals surface area contributed by atoms with Crippen LogP contribution in [0.4, 0.5) is 0 Å². The predicted octanol–water partition coefficient (Wildman–Crippen LogP) is 15.6. The largest absolute Gasteiger partial charge is 0.274 e. The molecule has 1 unspecified atom stereocenters. The van der Waals surface area contributed by atoms with E-state index in [4.69, 9.17) is 6.42 Å². The van der Waals surface area contributed by atoms with Crippen LogP contribution in [-0.2, 0) is 0 Å². The zero-order valence-electron chi connectivity index (χ0n) is 37.3. The Hall–Kier alpha value is -4.74. The molecule has 322 valence electrons. The summed E-state index contributed by atoms with van der Waals surface area (Å²) in [6, 6.07) is 8.62. The van der Waals surface area contributed by atoms with Crippen molar-refractivity contribution in [3.8, 4) is 101 Å². The minimum absolute atomic E-state index is 0.105. The Kier molecular flexibility index (Phi) is 18.5. The van der Waals surface area contributed by atoms with Crippen LogP contribution in [0.15, 0.2) is 24.3 Å². The normalized spacial score (nSPS) is 12.0. The Morgan fingerprint density at radius 1 is 0.540 bits per heavy atom. The fourth-order valence-corrected chi connectivity index (χ4v) is 14.3. The zero-order chi connectivity index (χ0) is 44.6. The third-order valence-corrected chi connectivity index (χ3v) is 17.9. The molecule has 6 rings (SSSR count). The van der Waals surface area contributed by atoms with Crippen LogP contribution in [0.3, 0.4) is 0 Å². The first kappa shape index (κ1) is 47.7. The van der Waals surface area contributed by atoms with Crippen molar-refractivity contribution in [2.75, 3.05) is 6.54 Å². The Morgan fingerprint density at radius 3 is 1.63 bits per heavy atom. The third-order valence-electron chi connectivity index (χ3n) is 11.4. The van der Waals surface area contributed by atoms with Gasteiger partial charge in [0.2, 0.25) is 0 Å². The number of unbranched alkanes of at least 4 members (excludes halogenated alkanes) is 12. The lowest BCUT2D eigenvalue weighted by molar-refractivity contribution is 0.0621. The second-order valence-corrected chi connectivity index (χ2v) is 21.8. The van der Waals surface area contributed by atoms with Crippen LogP contribution in [0, 0.1) is 98.2 Å². The number of thiophene rings is 5. The molecule has 1 aliphatic rings. The van der Waals surface area contributed by atoms with E-state index in [2.05, 4.69) is 117 Å². The second-order valence-electron chi connectivity index (χ2n) is 16.1. The molecule has 63 heavy (non-hydrogen) atoms. The van der Waals surface area contributed by atoms with Crippen molar-refractivity contribution in [2.45, 2.75) is 137 Å². The number of fused-ring (bicyclic) bond motifs is 2. The van der Waals surface area contributed by atoms with Crippen LogP contribution in [0.5, 0.6) is 0 Å². The molecule has 0 aliphatic carbocycles. The first-order valence-electron chi connectivity index (χ1n) is 22.5. The van der Waals surface area contributed by atoms with Gasteiger partial charge in [-0.15, -0.1) is 63.1 Å². The SMILES string of the molecule is C#CC#CC#CC#CC#CC#Cc1c(-c2ccc(C)s2)sc2c(C)c(-c3ccc(-c4sc(C)c5c4C(=O)N(CC(CCCCCCCC)CCCCCCCCCC)C5=O)s3)sc12. The number of hydrogen-bond donors (Lipinski definition) is 0. The quantitative estimate of drug-likeness (QED) is 0.0418. The van der Waals surface area contributed by atoms with E-state index in [1.165, 1.54) is 115 Å². The highest BCUT2D eigenvalue weighted by Crippen LogP contribution is 2.52. The number of carbonyl (C=O) groups is 2. The van der Waals surface area contributed by atoms with Crippen LogP contribution in [-0.4, -0.2) is 23.3 Å². The topological polar surface area (TPSA) is 37.4 Å². The molecule has 0 aromatic carbocycles. The lowest BCUT2D eigenvalue weighted by atomic mass is 9.93. The molecule has 5 aromatic heterocycles. The highest BCUT2D eigenvalue weighted by Gasteiger charge is 2.42. The van der Waals surface area contributed by atoms with E-state index in [1.807, 2.05) is 6.92 Å². The summed E-state index contributed by atoms with van der Waals surface area (Å²) in [5.41, 5.74) is 3.42. The van der Waals surface area contributed by atoms with Crippen LogP contribution in [0.1, 0.15) is 158 Å². The van der Waals surface area contributed by atoms with Gasteiger partial charge in [0.15, 0.2) is 0 Å². The molecule has 3 nitrogen and oxygen atoms in total. The van der Waals surface area contributed by atoms with Gasteiger partial charge < -0.3 is 0 Å². The van der Waals surface area contributed by atoms with Gasteiger partial charge in [-0.05, 0) is 134 Å². The number of hydrogen-bond acceptors (Lipinski definition) is 7. The summed E-state index contributed by atoms with van der Waals surface area (Å²) in [6.07, 6.45) is 25.0. The van der Waals surface area contributed by atoms with Gasteiger partial charge in [0.25, 0.3) is 11.8 Å². The lowest BCUT2D eigenvalue weighted by Crippen LogP contribution is -2.35. The first-order valence-corrected chi connectivity index (χ1v) is 26.5. The van der Waals surface area contributed by atoms with E-state index in [-0.39, 0.29) is 11.8 Å². The van der Waals surface area contributed by atoms with Crippen molar-refractivity contribution in [3.05, 3.63) is 56.3 Å². The molecular formula is C55H55NO2S5. The molecule has 2 amide bonds. The number of rotatable bonds is 21. The Labute approximate surface area is 396 Å². The maximum absolute atomic E-state index is 14.4. The number of nitrogens with zero attached hydrogens (tertiary/aromatic N) is 1. The molecule has 6 heterocycles. The molecule has 0 radical (unpaired) electrons. The molecule has 0 fully saturated rings. The number of terminal acetylenes is 1. The fourth-order valence-electron chi connectivity index (χ4n) is 8.12. The summed E-state index contributed by atoms with van der Waals surface area (Å²) >= 11 is 8.58. The van der Waals surface area contributed by atoms with Crippen molar-refractivity contribution < 1.29 is 9.59 Å². The Bertz CT molecular complexity index is 2780. The standard InChI is InChI=1S/C55H55NO2S5/c1-7-10-13-16-19-21-22-24-27-30-33-43-51(45-35-34-39(4)59-45)63-50-40(5)49(62-52(43)50)44-36-37-46(61-44)53-48-47(41(6)60-53)54(57)56(55(48)58)38-42(31-28-25-18-15-12-9-3)32-29-26-23-20-17-14-11-8-2/h1,34-37,42H,8-9,11-12,14-15,17-18,20,23,25-26,28-29,31-32,38H2,2-6H3. The van der Waals surface area contributed by atoms with Crippen LogP contribution < -0.4 is 0 Å². The van der Waals surface area contributed by atoms with Crippen molar-refractivity contribution in [2.24, 2.45) is 5.92 Å². The molecular weight excluding hydrogens is 867 g/mol. The summed E-state index contributed by atoms with van der Waals surface area (Å²) in [7, 11) is 0. The van der Waals surface area contributed by atoms with Gasteiger partial charge >= 0.3 is 0 Å². The zero-order valence-corrected chi connectivity index (χ0v) is 41.4. The van der Waals surface area contributed by atoms with Crippen molar-refractivity contribution in [1.29, 1.82) is 0 Å². The third kappa shape index (κ3) is 12.3. The smallest absolute Gasteiger partial charge is 0.263 e. The molecule has 5 aromatic rings. The Balaban J connectivity index is 1.22. The highest BCUT2D eigenvalue weighted by molar-refractivity contribution is 7.34. The average Bonchev–Trinajstić information content (AvgIpc) is 4.14. The molecule has 0 spiro atoms. The molecule has 1 aliphatic heterocycles. The van der Waals surface area contributed by atoms with Crippen molar-refractivity contribution in [3.63, 3.8) is 0 Å². The van der Waals surface area contributed by atoms with Crippen LogP contribution in [0.2, 0.25) is 0 Å². The minimum atomic E-state index is -0.114. The molecule has 0 N–H and O–H groups in total.